The summed E-state index contributed by atoms with van der Waals surface area (Å²) in [7, 11) is -2.16. The van der Waals surface area contributed by atoms with Crippen molar-refractivity contribution in [3.8, 4) is 11.5 Å². The Morgan fingerprint density at radius 1 is 1.15 bits per heavy atom. The van der Waals surface area contributed by atoms with E-state index in [9.17, 15) is 12.8 Å². The molecule has 0 radical (unpaired) electrons. The van der Waals surface area contributed by atoms with Gasteiger partial charge in [-0.1, -0.05) is 0 Å². The van der Waals surface area contributed by atoms with Crippen LogP contribution >= 0.6 is 15.9 Å². The molecule has 0 amide bonds. The fourth-order valence-corrected chi connectivity index (χ4v) is 2.85. The molecule has 0 saturated carbocycles. The average Bonchev–Trinajstić information content (AvgIpc) is 2.43. The number of rotatable bonds is 4. The number of ether oxygens (including phenoxy) is 1. The van der Waals surface area contributed by atoms with Crippen molar-refractivity contribution in [1.82, 2.24) is 4.72 Å². The molecule has 20 heavy (non-hydrogen) atoms. The first-order valence-electron chi connectivity index (χ1n) is 5.59. The summed E-state index contributed by atoms with van der Waals surface area (Å²) in [4.78, 5) is 0.123. The van der Waals surface area contributed by atoms with Gasteiger partial charge in [0.2, 0.25) is 10.0 Å². The molecule has 0 heterocycles. The van der Waals surface area contributed by atoms with Crippen molar-refractivity contribution in [2.45, 2.75) is 4.90 Å². The van der Waals surface area contributed by atoms with E-state index in [-0.39, 0.29) is 10.7 Å². The van der Waals surface area contributed by atoms with Crippen LogP contribution < -0.4 is 9.46 Å². The Balaban J connectivity index is 2.29. The van der Waals surface area contributed by atoms with Crippen LogP contribution in [-0.4, -0.2) is 15.5 Å². The summed E-state index contributed by atoms with van der Waals surface area (Å²) in [5.74, 6) is 0.537. The van der Waals surface area contributed by atoms with Crippen LogP contribution in [0.5, 0.6) is 11.5 Å². The molecule has 0 saturated heterocycles. The van der Waals surface area contributed by atoms with Crippen molar-refractivity contribution in [2.75, 3.05) is 7.05 Å². The first kappa shape index (κ1) is 15.0. The van der Waals surface area contributed by atoms with E-state index in [0.717, 1.165) is 0 Å². The molecule has 106 valence electrons. The van der Waals surface area contributed by atoms with Crippen LogP contribution in [0.2, 0.25) is 0 Å². The van der Waals surface area contributed by atoms with E-state index in [4.69, 9.17) is 4.74 Å². The average molecular weight is 360 g/mol. The van der Waals surface area contributed by atoms with Crippen LogP contribution in [0.4, 0.5) is 4.39 Å². The minimum absolute atomic E-state index is 0.123. The Morgan fingerprint density at radius 2 is 1.80 bits per heavy atom. The molecule has 0 aliphatic rings. The van der Waals surface area contributed by atoms with Crippen molar-refractivity contribution < 1.29 is 17.5 Å². The summed E-state index contributed by atoms with van der Waals surface area (Å²) in [5, 5.41) is 0. The van der Waals surface area contributed by atoms with Gasteiger partial charge in [-0.25, -0.2) is 17.5 Å². The zero-order chi connectivity index (χ0) is 14.8. The highest BCUT2D eigenvalue weighted by atomic mass is 79.9. The predicted octanol–water partition coefficient (Wildman–Crippen LogP) is 3.29. The van der Waals surface area contributed by atoms with E-state index in [1.54, 1.807) is 0 Å². The van der Waals surface area contributed by atoms with Gasteiger partial charge in [0, 0.05) is 0 Å². The highest BCUT2D eigenvalue weighted by molar-refractivity contribution is 9.10. The van der Waals surface area contributed by atoms with Crippen LogP contribution in [0.1, 0.15) is 0 Å². The molecule has 1 N–H and O–H groups in total. The lowest BCUT2D eigenvalue weighted by Crippen LogP contribution is -2.18. The number of halogens is 2. The zero-order valence-electron chi connectivity index (χ0n) is 10.4. The van der Waals surface area contributed by atoms with E-state index in [0.29, 0.717) is 16.0 Å². The van der Waals surface area contributed by atoms with Crippen LogP contribution in [0, 0.1) is 5.82 Å². The maximum atomic E-state index is 12.8. The van der Waals surface area contributed by atoms with Crippen molar-refractivity contribution >= 4 is 26.0 Å². The molecule has 2 aromatic carbocycles. The lowest BCUT2D eigenvalue weighted by atomic mass is 10.3. The van der Waals surface area contributed by atoms with Crippen LogP contribution in [0.25, 0.3) is 0 Å². The first-order chi connectivity index (χ1) is 9.42. The molecule has 0 unspecified atom stereocenters. The standard InChI is InChI=1S/C13H11BrFNO3S/c1-16-20(17,18)11-6-7-13(12(14)8-11)19-10-4-2-9(15)3-5-10/h2-8,16H,1H3. The molecule has 2 aromatic rings. The van der Waals surface area contributed by atoms with Crippen LogP contribution in [0.15, 0.2) is 51.8 Å². The van der Waals surface area contributed by atoms with E-state index < -0.39 is 10.0 Å². The fraction of sp³-hybridized carbons (Fsp3) is 0.0769. The highest BCUT2D eigenvalue weighted by Crippen LogP contribution is 2.31. The summed E-state index contributed by atoms with van der Waals surface area (Å²) in [6.45, 7) is 0. The van der Waals surface area contributed by atoms with Crippen LogP contribution in [-0.2, 0) is 10.0 Å². The molecule has 0 atom stereocenters. The lowest BCUT2D eigenvalue weighted by Gasteiger charge is -2.09. The molecular weight excluding hydrogens is 349 g/mol. The third kappa shape index (κ3) is 3.36. The molecule has 0 bridgehead atoms. The third-order valence-electron chi connectivity index (χ3n) is 2.52. The summed E-state index contributed by atoms with van der Waals surface area (Å²) in [6, 6.07) is 9.92. The molecule has 0 spiro atoms. The van der Waals surface area contributed by atoms with E-state index in [1.165, 1.54) is 49.5 Å². The Bertz CT molecular complexity index is 717. The molecule has 2 rings (SSSR count). The Morgan fingerprint density at radius 3 is 2.35 bits per heavy atom. The third-order valence-corrected chi connectivity index (χ3v) is 4.56. The molecule has 0 fully saturated rings. The van der Waals surface area contributed by atoms with Crippen molar-refractivity contribution in [3.05, 3.63) is 52.8 Å². The summed E-state index contributed by atoms with van der Waals surface area (Å²) in [6.07, 6.45) is 0. The Kier molecular flexibility index (Phi) is 4.42. The van der Waals surface area contributed by atoms with Crippen molar-refractivity contribution in [1.29, 1.82) is 0 Å². The van der Waals surface area contributed by atoms with Gasteiger partial charge in [0.15, 0.2) is 0 Å². The number of nitrogens with one attached hydrogen (secondary N) is 1. The van der Waals surface area contributed by atoms with Gasteiger partial charge < -0.3 is 4.74 Å². The molecular formula is C13H11BrFNO3S. The highest BCUT2D eigenvalue weighted by Gasteiger charge is 2.14. The number of benzene rings is 2. The molecule has 0 aliphatic heterocycles. The lowest BCUT2D eigenvalue weighted by molar-refractivity contribution is 0.477. The number of hydrogen-bond acceptors (Lipinski definition) is 3. The Hall–Kier alpha value is -1.44. The minimum atomic E-state index is -3.50. The smallest absolute Gasteiger partial charge is 0.240 e. The summed E-state index contributed by atoms with van der Waals surface area (Å²) in [5.41, 5.74) is 0. The zero-order valence-corrected chi connectivity index (χ0v) is 12.8. The van der Waals surface area contributed by atoms with Gasteiger partial charge in [-0.2, -0.15) is 0 Å². The SMILES string of the molecule is CNS(=O)(=O)c1ccc(Oc2ccc(F)cc2)c(Br)c1. The molecule has 7 heteroatoms. The molecule has 4 nitrogen and oxygen atoms in total. The van der Waals surface area contributed by atoms with Gasteiger partial charge >= 0.3 is 0 Å². The van der Waals surface area contributed by atoms with Gasteiger partial charge in [0.05, 0.1) is 9.37 Å². The van der Waals surface area contributed by atoms with Crippen molar-refractivity contribution in [3.63, 3.8) is 0 Å². The molecule has 0 aliphatic carbocycles. The normalized spacial score (nSPS) is 11.3. The fourth-order valence-electron chi connectivity index (χ4n) is 1.48. The maximum absolute atomic E-state index is 12.8. The van der Waals surface area contributed by atoms with Gasteiger partial charge in [-0.05, 0) is 65.4 Å². The van der Waals surface area contributed by atoms with Crippen LogP contribution in [0.3, 0.4) is 0 Å². The van der Waals surface area contributed by atoms with E-state index >= 15 is 0 Å². The van der Waals surface area contributed by atoms with Gasteiger partial charge in [0.25, 0.3) is 0 Å². The van der Waals surface area contributed by atoms with Gasteiger partial charge in [0.1, 0.15) is 17.3 Å². The second-order valence-corrected chi connectivity index (χ2v) is 6.60. The van der Waals surface area contributed by atoms with Crippen molar-refractivity contribution in [2.24, 2.45) is 0 Å². The summed E-state index contributed by atoms with van der Waals surface area (Å²) < 4.78 is 44.3. The summed E-state index contributed by atoms with van der Waals surface area (Å²) >= 11 is 3.25. The quantitative estimate of drug-likeness (QED) is 0.911. The number of sulfonamides is 1. The number of hydrogen-bond donors (Lipinski definition) is 1. The topological polar surface area (TPSA) is 55.4 Å². The van der Waals surface area contributed by atoms with E-state index in [1.807, 2.05) is 0 Å². The Labute approximate surface area is 124 Å². The van der Waals surface area contributed by atoms with Gasteiger partial charge in [-0.3, -0.25) is 0 Å². The van der Waals surface area contributed by atoms with E-state index in [2.05, 4.69) is 20.7 Å². The monoisotopic (exact) mass is 359 g/mol. The first-order valence-corrected chi connectivity index (χ1v) is 7.86. The van der Waals surface area contributed by atoms with Gasteiger partial charge in [-0.15, -0.1) is 0 Å². The second-order valence-electron chi connectivity index (χ2n) is 3.86. The maximum Gasteiger partial charge on any atom is 0.240 e. The minimum Gasteiger partial charge on any atom is -0.456 e. The second kappa shape index (κ2) is 5.90. The predicted molar refractivity (Wildman–Crippen MR) is 76.9 cm³/mol. The largest absolute Gasteiger partial charge is 0.456 e. The molecule has 0 aromatic heterocycles.